The first-order valence-corrected chi connectivity index (χ1v) is 6.38. The van der Waals surface area contributed by atoms with Crippen molar-refractivity contribution in [1.82, 2.24) is 5.32 Å². The van der Waals surface area contributed by atoms with Crippen LogP contribution < -0.4 is 10.6 Å². The van der Waals surface area contributed by atoms with Crippen LogP contribution in [-0.2, 0) is 4.79 Å². The number of nitrogens with zero attached hydrogens (tertiary/aromatic N) is 1. The van der Waals surface area contributed by atoms with Gasteiger partial charge in [-0.3, -0.25) is 4.79 Å². The monoisotopic (exact) mass is 277 g/mol. The number of amides is 1. The summed E-state index contributed by atoms with van der Waals surface area (Å²) in [5.74, 6) is -0.378. The van der Waals surface area contributed by atoms with Gasteiger partial charge in [-0.1, -0.05) is 24.6 Å². The molecule has 0 unspecified atom stereocenters. The Morgan fingerprint density at radius 1 is 1.53 bits per heavy atom. The van der Waals surface area contributed by atoms with Crippen LogP contribution in [0.3, 0.4) is 0 Å². The fourth-order valence-electron chi connectivity index (χ4n) is 1.40. The van der Waals surface area contributed by atoms with Crippen molar-refractivity contribution in [2.24, 2.45) is 0 Å². The van der Waals surface area contributed by atoms with Gasteiger partial charge in [-0.2, -0.15) is 5.26 Å². The van der Waals surface area contributed by atoms with Crippen molar-refractivity contribution in [3.8, 4) is 6.07 Å². The second-order valence-electron chi connectivity index (χ2n) is 3.98. The molecule has 100 valence electrons. The van der Waals surface area contributed by atoms with E-state index in [9.17, 15) is 4.79 Å². The van der Waals surface area contributed by atoms with Crippen LogP contribution in [0.25, 0.3) is 0 Å². The first-order valence-electron chi connectivity index (χ1n) is 6.00. The fourth-order valence-corrected chi connectivity index (χ4v) is 1.57. The van der Waals surface area contributed by atoms with Crippen LogP contribution in [0.4, 0.5) is 5.69 Å². The molecule has 0 spiro atoms. The lowest BCUT2D eigenvalue weighted by atomic mass is 10.2. The second-order valence-corrected chi connectivity index (χ2v) is 4.39. The molecule has 0 radical (unpaired) electrons. The molecule has 0 aromatic heterocycles. The highest BCUT2D eigenvalue weighted by molar-refractivity contribution is 6.31. The highest BCUT2D eigenvalue weighted by atomic mass is 35.5. The van der Waals surface area contributed by atoms with Crippen LogP contribution in [0.2, 0.25) is 5.02 Å². The SMILES string of the molecule is CCCNC(=O)/C(C#N)=C\Nc1cccc(Cl)c1C. The van der Waals surface area contributed by atoms with Gasteiger partial charge in [-0.05, 0) is 31.0 Å². The van der Waals surface area contributed by atoms with Crippen molar-refractivity contribution in [2.45, 2.75) is 20.3 Å². The fraction of sp³-hybridized carbons (Fsp3) is 0.286. The summed E-state index contributed by atoms with van der Waals surface area (Å²) >= 11 is 5.99. The Hall–Kier alpha value is -1.99. The molecule has 2 N–H and O–H groups in total. The molecular weight excluding hydrogens is 262 g/mol. The maximum absolute atomic E-state index is 11.6. The quantitative estimate of drug-likeness (QED) is 0.642. The van der Waals surface area contributed by atoms with E-state index < -0.39 is 0 Å². The average molecular weight is 278 g/mol. The largest absolute Gasteiger partial charge is 0.360 e. The van der Waals surface area contributed by atoms with Crippen LogP contribution in [0, 0.1) is 18.3 Å². The molecule has 0 saturated heterocycles. The molecule has 1 rings (SSSR count). The van der Waals surface area contributed by atoms with Crippen molar-refractivity contribution in [3.63, 3.8) is 0 Å². The first kappa shape index (κ1) is 15.1. The Labute approximate surface area is 118 Å². The van der Waals surface area contributed by atoms with E-state index in [1.807, 2.05) is 26.0 Å². The maximum atomic E-state index is 11.6. The summed E-state index contributed by atoms with van der Waals surface area (Å²) in [5, 5.41) is 15.2. The molecule has 19 heavy (non-hydrogen) atoms. The second kappa shape index (κ2) is 7.45. The lowest BCUT2D eigenvalue weighted by molar-refractivity contribution is -0.117. The zero-order valence-corrected chi connectivity index (χ0v) is 11.7. The van der Waals surface area contributed by atoms with Gasteiger partial charge in [0.05, 0.1) is 0 Å². The molecule has 1 aromatic rings. The van der Waals surface area contributed by atoms with Crippen LogP contribution in [0.1, 0.15) is 18.9 Å². The standard InChI is InChI=1S/C14H16ClN3O/c1-3-7-17-14(19)11(8-16)9-18-13-6-4-5-12(15)10(13)2/h4-6,9,18H,3,7H2,1-2H3,(H,17,19)/b11-9-. The van der Waals surface area contributed by atoms with Crippen LogP contribution in [0.5, 0.6) is 0 Å². The number of nitriles is 1. The molecular formula is C14H16ClN3O. The molecule has 0 aliphatic heterocycles. The van der Waals surface area contributed by atoms with Crippen LogP contribution in [-0.4, -0.2) is 12.5 Å². The van der Waals surface area contributed by atoms with Gasteiger partial charge in [0.15, 0.2) is 0 Å². The predicted octanol–water partition coefficient (Wildman–Crippen LogP) is 2.99. The Bertz CT molecular complexity index is 532. The number of nitrogens with one attached hydrogen (secondary N) is 2. The maximum Gasteiger partial charge on any atom is 0.263 e. The van der Waals surface area contributed by atoms with E-state index >= 15 is 0 Å². The lowest BCUT2D eigenvalue weighted by Gasteiger charge is -2.07. The van der Waals surface area contributed by atoms with Gasteiger partial charge in [0.25, 0.3) is 5.91 Å². The van der Waals surface area contributed by atoms with Crippen molar-refractivity contribution >= 4 is 23.2 Å². The normalized spacial score (nSPS) is 10.7. The minimum absolute atomic E-state index is 0.0350. The van der Waals surface area contributed by atoms with Gasteiger partial charge in [0.1, 0.15) is 11.6 Å². The third kappa shape index (κ3) is 4.31. The minimum atomic E-state index is -0.378. The number of hydrogen-bond acceptors (Lipinski definition) is 3. The van der Waals surface area contributed by atoms with Gasteiger partial charge >= 0.3 is 0 Å². The Morgan fingerprint density at radius 3 is 2.89 bits per heavy atom. The zero-order valence-electron chi connectivity index (χ0n) is 11.0. The van der Waals surface area contributed by atoms with E-state index in [4.69, 9.17) is 16.9 Å². The van der Waals surface area contributed by atoms with Crippen molar-refractivity contribution in [2.75, 3.05) is 11.9 Å². The Balaban J connectivity index is 2.81. The Kier molecular flexibility index (Phi) is 5.91. The van der Waals surface area contributed by atoms with E-state index in [2.05, 4.69) is 10.6 Å². The summed E-state index contributed by atoms with van der Waals surface area (Å²) in [7, 11) is 0. The van der Waals surface area contributed by atoms with Crippen molar-refractivity contribution < 1.29 is 4.79 Å². The molecule has 0 aliphatic carbocycles. The molecule has 0 fully saturated rings. The third-order valence-electron chi connectivity index (χ3n) is 2.54. The Morgan fingerprint density at radius 2 is 2.26 bits per heavy atom. The molecule has 4 nitrogen and oxygen atoms in total. The number of carbonyl (C=O) groups excluding carboxylic acids is 1. The van der Waals surface area contributed by atoms with Gasteiger partial charge in [0, 0.05) is 23.5 Å². The first-order chi connectivity index (χ1) is 9.10. The van der Waals surface area contributed by atoms with Gasteiger partial charge in [0.2, 0.25) is 0 Å². The zero-order chi connectivity index (χ0) is 14.3. The van der Waals surface area contributed by atoms with Crippen LogP contribution in [0.15, 0.2) is 30.0 Å². The molecule has 0 aliphatic rings. The lowest BCUT2D eigenvalue weighted by Crippen LogP contribution is -2.25. The van der Waals surface area contributed by atoms with Crippen molar-refractivity contribution in [3.05, 3.63) is 40.6 Å². The highest BCUT2D eigenvalue weighted by Gasteiger charge is 2.08. The number of hydrogen-bond donors (Lipinski definition) is 2. The molecule has 5 heteroatoms. The summed E-state index contributed by atoms with van der Waals surface area (Å²) in [6, 6.07) is 7.28. The molecule has 0 heterocycles. The molecule has 0 saturated carbocycles. The smallest absolute Gasteiger partial charge is 0.263 e. The summed E-state index contributed by atoms with van der Waals surface area (Å²) in [5.41, 5.74) is 1.67. The summed E-state index contributed by atoms with van der Waals surface area (Å²) in [6.07, 6.45) is 2.22. The predicted molar refractivity (Wildman–Crippen MR) is 76.8 cm³/mol. The number of anilines is 1. The summed E-state index contributed by atoms with van der Waals surface area (Å²) in [4.78, 5) is 11.6. The van der Waals surface area contributed by atoms with E-state index in [0.29, 0.717) is 11.6 Å². The van der Waals surface area contributed by atoms with E-state index in [1.54, 1.807) is 12.1 Å². The van der Waals surface area contributed by atoms with Gasteiger partial charge in [-0.15, -0.1) is 0 Å². The summed E-state index contributed by atoms with van der Waals surface area (Å²) in [6.45, 7) is 4.36. The van der Waals surface area contributed by atoms with Crippen molar-refractivity contribution in [1.29, 1.82) is 5.26 Å². The number of rotatable bonds is 5. The minimum Gasteiger partial charge on any atom is -0.360 e. The van der Waals surface area contributed by atoms with Crippen LogP contribution >= 0.6 is 11.6 Å². The average Bonchev–Trinajstić information content (AvgIpc) is 2.41. The molecule has 1 aromatic carbocycles. The number of halogens is 1. The third-order valence-corrected chi connectivity index (χ3v) is 2.95. The molecule has 0 atom stereocenters. The number of benzene rings is 1. The summed E-state index contributed by atoms with van der Waals surface area (Å²) < 4.78 is 0. The number of carbonyl (C=O) groups is 1. The highest BCUT2D eigenvalue weighted by Crippen LogP contribution is 2.22. The van der Waals surface area contributed by atoms with E-state index in [1.165, 1.54) is 6.20 Å². The van der Waals surface area contributed by atoms with Gasteiger partial charge < -0.3 is 10.6 Å². The van der Waals surface area contributed by atoms with E-state index in [-0.39, 0.29) is 11.5 Å². The topological polar surface area (TPSA) is 64.9 Å². The van der Waals surface area contributed by atoms with Gasteiger partial charge in [-0.25, -0.2) is 0 Å². The van der Waals surface area contributed by atoms with E-state index in [0.717, 1.165) is 17.7 Å². The molecule has 0 bridgehead atoms. The molecule has 1 amide bonds.